The highest BCUT2D eigenvalue weighted by molar-refractivity contribution is 9.11. The van der Waals surface area contributed by atoms with Gasteiger partial charge in [-0.2, -0.15) is 0 Å². The second-order valence-corrected chi connectivity index (χ2v) is 9.42. The molecule has 0 saturated carbocycles. The monoisotopic (exact) mass is 388 g/mol. The van der Waals surface area contributed by atoms with Gasteiger partial charge >= 0.3 is 0 Å². The van der Waals surface area contributed by atoms with Crippen LogP contribution < -0.4 is 4.72 Å². The Morgan fingerprint density at radius 1 is 1.25 bits per heavy atom. The summed E-state index contributed by atoms with van der Waals surface area (Å²) in [5.74, 6) is 0. The van der Waals surface area contributed by atoms with E-state index in [9.17, 15) is 8.42 Å². The van der Waals surface area contributed by atoms with E-state index in [1.54, 1.807) is 6.07 Å². The number of halogens is 1. The van der Waals surface area contributed by atoms with E-state index in [-0.39, 0.29) is 4.21 Å². The number of fused-ring (bicyclic) bond motifs is 1. The number of para-hydroxylation sites is 1. The van der Waals surface area contributed by atoms with Gasteiger partial charge in [-0.05, 0) is 46.6 Å². The number of nitrogens with zero attached hydrogens (tertiary/aromatic N) is 1. The van der Waals surface area contributed by atoms with Crippen LogP contribution in [-0.2, 0) is 10.0 Å². The van der Waals surface area contributed by atoms with Gasteiger partial charge in [-0.3, -0.25) is 4.72 Å². The van der Waals surface area contributed by atoms with Crippen molar-refractivity contribution in [2.24, 2.45) is 0 Å². The minimum absolute atomic E-state index is 0.279. The number of hydrogen-bond acceptors (Lipinski definition) is 5. The van der Waals surface area contributed by atoms with E-state index < -0.39 is 10.0 Å². The van der Waals surface area contributed by atoms with Crippen LogP contribution in [-0.4, -0.2) is 13.4 Å². The third-order valence-electron chi connectivity index (χ3n) is 2.62. The van der Waals surface area contributed by atoms with E-state index in [4.69, 9.17) is 0 Å². The third kappa shape index (κ3) is 2.60. The molecule has 1 aromatic carbocycles. The first-order valence-corrected chi connectivity index (χ1v) is 9.51. The molecule has 0 saturated heterocycles. The van der Waals surface area contributed by atoms with Crippen molar-refractivity contribution in [2.45, 2.75) is 11.1 Å². The van der Waals surface area contributed by atoms with Crippen LogP contribution in [0.3, 0.4) is 0 Å². The highest BCUT2D eigenvalue weighted by atomic mass is 79.9. The van der Waals surface area contributed by atoms with Gasteiger partial charge in [-0.1, -0.05) is 23.5 Å². The van der Waals surface area contributed by atoms with Crippen LogP contribution in [0.25, 0.3) is 10.2 Å². The summed E-state index contributed by atoms with van der Waals surface area (Å²) in [5, 5.41) is 0.383. The van der Waals surface area contributed by atoms with Crippen LogP contribution in [0.4, 0.5) is 5.13 Å². The van der Waals surface area contributed by atoms with Gasteiger partial charge in [0.15, 0.2) is 5.13 Å². The summed E-state index contributed by atoms with van der Waals surface area (Å²) in [7, 11) is -3.58. The van der Waals surface area contributed by atoms with Crippen molar-refractivity contribution < 1.29 is 8.42 Å². The maximum Gasteiger partial charge on any atom is 0.273 e. The summed E-state index contributed by atoms with van der Waals surface area (Å²) in [5.41, 5.74) is 1.69. The summed E-state index contributed by atoms with van der Waals surface area (Å²) in [6.45, 7) is 1.86. The SMILES string of the molecule is Cc1cc(S(=O)(=O)Nc2nc3ccccc3s2)sc1Br. The molecule has 0 amide bonds. The molecule has 0 aliphatic heterocycles. The van der Waals surface area contributed by atoms with E-state index >= 15 is 0 Å². The second kappa shape index (κ2) is 5.10. The second-order valence-electron chi connectivity index (χ2n) is 4.11. The maximum atomic E-state index is 12.3. The van der Waals surface area contributed by atoms with Crippen molar-refractivity contribution in [3.63, 3.8) is 0 Å². The molecule has 0 bridgehead atoms. The smallest absolute Gasteiger partial charge is 0.254 e. The number of benzene rings is 1. The number of sulfonamides is 1. The molecule has 8 heteroatoms. The highest BCUT2D eigenvalue weighted by Gasteiger charge is 2.20. The van der Waals surface area contributed by atoms with Crippen LogP contribution in [0.15, 0.2) is 38.3 Å². The first-order chi connectivity index (χ1) is 9.45. The van der Waals surface area contributed by atoms with Gasteiger partial charge in [0.1, 0.15) is 4.21 Å². The lowest BCUT2D eigenvalue weighted by atomic mass is 10.3. The predicted molar refractivity (Wildman–Crippen MR) is 87.2 cm³/mol. The number of thiophene rings is 1. The zero-order chi connectivity index (χ0) is 14.3. The fourth-order valence-electron chi connectivity index (χ4n) is 1.65. The lowest BCUT2D eigenvalue weighted by Gasteiger charge is -2.01. The van der Waals surface area contributed by atoms with E-state index in [2.05, 4.69) is 25.6 Å². The average molecular weight is 389 g/mol. The number of thiazole rings is 1. The Balaban J connectivity index is 1.96. The topological polar surface area (TPSA) is 59.1 Å². The molecule has 104 valence electrons. The first-order valence-electron chi connectivity index (χ1n) is 5.60. The van der Waals surface area contributed by atoms with Crippen molar-refractivity contribution in [3.8, 4) is 0 Å². The molecule has 20 heavy (non-hydrogen) atoms. The molecule has 0 radical (unpaired) electrons. The maximum absolute atomic E-state index is 12.3. The molecule has 0 aliphatic rings. The molecule has 0 fully saturated rings. The third-order valence-corrected chi connectivity index (χ3v) is 7.65. The van der Waals surface area contributed by atoms with Gasteiger partial charge < -0.3 is 0 Å². The molecule has 0 spiro atoms. The van der Waals surface area contributed by atoms with Gasteiger partial charge in [0.05, 0.1) is 14.0 Å². The Labute approximate surface area is 132 Å². The molecule has 4 nitrogen and oxygen atoms in total. The molecule has 2 heterocycles. The van der Waals surface area contributed by atoms with Crippen LogP contribution in [0.5, 0.6) is 0 Å². The highest BCUT2D eigenvalue weighted by Crippen LogP contribution is 2.33. The Morgan fingerprint density at radius 2 is 2.00 bits per heavy atom. The van der Waals surface area contributed by atoms with Crippen LogP contribution in [0.1, 0.15) is 5.56 Å². The summed E-state index contributed by atoms with van der Waals surface area (Å²) in [6.07, 6.45) is 0. The standard InChI is InChI=1S/C12H9BrN2O2S3/c1-7-6-10(19-11(7)13)20(16,17)15-12-14-8-4-2-3-5-9(8)18-12/h2-6H,1H3,(H,14,15). The molecule has 3 rings (SSSR count). The summed E-state index contributed by atoms with van der Waals surface area (Å²) in [4.78, 5) is 4.27. The van der Waals surface area contributed by atoms with E-state index in [0.29, 0.717) is 5.13 Å². The lowest BCUT2D eigenvalue weighted by Crippen LogP contribution is -2.11. The van der Waals surface area contributed by atoms with E-state index in [1.807, 2.05) is 31.2 Å². The van der Waals surface area contributed by atoms with Crippen molar-refractivity contribution in [1.82, 2.24) is 4.98 Å². The Hall–Kier alpha value is -0.960. The minimum Gasteiger partial charge on any atom is -0.254 e. The molecule has 3 aromatic rings. The first kappa shape index (κ1) is 14.0. The van der Waals surface area contributed by atoms with E-state index in [1.165, 1.54) is 22.7 Å². The number of hydrogen-bond donors (Lipinski definition) is 1. The Bertz CT molecular complexity index is 831. The minimum atomic E-state index is -3.58. The van der Waals surface area contributed by atoms with Crippen molar-refractivity contribution in [3.05, 3.63) is 39.7 Å². The quantitative estimate of drug-likeness (QED) is 0.729. The zero-order valence-electron chi connectivity index (χ0n) is 10.3. The van der Waals surface area contributed by atoms with Crippen LogP contribution in [0, 0.1) is 6.92 Å². The largest absolute Gasteiger partial charge is 0.273 e. The van der Waals surface area contributed by atoms with Crippen molar-refractivity contribution in [1.29, 1.82) is 0 Å². The average Bonchev–Trinajstić information content (AvgIpc) is 2.93. The predicted octanol–water partition coefficient (Wildman–Crippen LogP) is 4.23. The molecular formula is C12H9BrN2O2S3. The van der Waals surface area contributed by atoms with E-state index in [0.717, 1.165) is 19.6 Å². The Morgan fingerprint density at radius 3 is 2.65 bits per heavy atom. The molecule has 1 N–H and O–H groups in total. The number of nitrogens with one attached hydrogen (secondary N) is 1. The molecule has 2 aromatic heterocycles. The van der Waals surface area contributed by atoms with Gasteiger partial charge in [0.25, 0.3) is 10.0 Å². The molecule has 0 atom stereocenters. The summed E-state index contributed by atoms with van der Waals surface area (Å²) >= 11 is 5.85. The number of aryl methyl sites for hydroxylation is 1. The summed E-state index contributed by atoms with van der Waals surface area (Å²) in [6, 6.07) is 9.19. The molecule has 0 unspecified atom stereocenters. The van der Waals surface area contributed by atoms with Crippen LogP contribution in [0.2, 0.25) is 0 Å². The van der Waals surface area contributed by atoms with Crippen molar-refractivity contribution >= 4 is 64.0 Å². The van der Waals surface area contributed by atoms with Gasteiger partial charge in [-0.15, -0.1) is 11.3 Å². The molecular weight excluding hydrogens is 380 g/mol. The normalized spacial score (nSPS) is 11.9. The fourth-order valence-corrected chi connectivity index (χ4v) is 5.97. The molecule has 0 aliphatic carbocycles. The Kier molecular flexibility index (Phi) is 3.57. The number of rotatable bonds is 3. The number of aromatic nitrogens is 1. The van der Waals surface area contributed by atoms with Crippen molar-refractivity contribution in [2.75, 3.05) is 4.72 Å². The fraction of sp³-hybridized carbons (Fsp3) is 0.0833. The van der Waals surface area contributed by atoms with Crippen LogP contribution >= 0.6 is 38.6 Å². The van der Waals surface area contributed by atoms with Gasteiger partial charge in [0, 0.05) is 0 Å². The lowest BCUT2D eigenvalue weighted by molar-refractivity contribution is 0.603. The number of anilines is 1. The van der Waals surface area contributed by atoms with Gasteiger partial charge in [-0.25, -0.2) is 13.4 Å². The summed E-state index contributed by atoms with van der Waals surface area (Å²) < 4.78 is 29.2. The van der Waals surface area contributed by atoms with Gasteiger partial charge in [0.2, 0.25) is 0 Å². The zero-order valence-corrected chi connectivity index (χ0v) is 14.3.